The number of hydrogen-bond acceptors (Lipinski definition) is 3. The van der Waals surface area contributed by atoms with Gasteiger partial charge in [0.05, 0.1) is 28.9 Å². The van der Waals surface area contributed by atoms with Crippen LogP contribution in [0.5, 0.6) is 5.75 Å². The van der Waals surface area contributed by atoms with Crippen LogP contribution in [0.3, 0.4) is 0 Å². The van der Waals surface area contributed by atoms with Crippen LogP contribution in [0.1, 0.15) is 23.7 Å². The van der Waals surface area contributed by atoms with Gasteiger partial charge in [0.25, 0.3) is 0 Å². The average molecular weight is 341 g/mol. The molecule has 2 aromatic heterocycles. The molecule has 0 amide bonds. The number of para-hydroxylation sites is 1. The first kappa shape index (κ1) is 14.7. The first-order valence-electron chi connectivity index (χ1n) is 6.50. The molecule has 0 bridgehead atoms. The zero-order chi connectivity index (χ0) is 15.0. The Hall–Kier alpha value is -1.23. The predicted molar refractivity (Wildman–Crippen MR) is 89.0 cm³/mol. The first-order chi connectivity index (χ1) is 10.2. The van der Waals surface area contributed by atoms with Crippen LogP contribution in [0.2, 0.25) is 4.34 Å². The summed E-state index contributed by atoms with van der Waals surface area (Å²) in [6, 6.07) is 9.98. The Bertz CT molecular complexity index is 781. The van der Waals surface area contributed by atoms with Crippen LogP contribution in [0.15, 0.2) is 30.3 Å². The molecule has 0 spiro atoms. The van der Waals surface area contributed by atoms with Crippen molar-refractivity contribution in [1.29, 1.82) is 0 Å². The van der Waals surface area contributed by atoms with E-state index in [1.807, 2.05) is 30.3 Å². The van der Waals surface area contributed by atoms with Gasteiger partial charge in [-0.25, -0.2) is 4.98 Å². The van der Waals surface area contributed by atoms with Gasteiger partial charge in [-0.05, 0) is 31.2 Å². The highest BCUT2D eigenvalue weighted by Gasteiger charge is 2.19. The van der Waals surface area contributed by atoms with Gasteiger partial charge in [-0.15, -0.1) is 22.9 Å². The molecule has 0 radical (unpaired) electrons. The molecule has 3 nitrogen and oxygen atoms in total. The van der Waals surface area contributed by atoms with Gasteiger partial charge in [-0.3, -0.25) is 0 Å². The second kappa shape index (κ2) is 5.87. The third-order valence-electron chi connectivity index (χ3n) is 3.49. The molecule has 0 aliphatic heterocycles. The molecule has 3 rings (SSSR count). The van der Waals surface area contributed by atoms with Crippen molar-refractivity contribution in [3.05, 3.63) is 45.4 Å². The molecule has 0 fully saturated rings. The Morgan fingerprint density at radius 2 is 2.14 bits per heavy atom. The van der Waals surface area contributed by atoms with Crippen molar-refractivity contribution in [2.24, 2.45) is 0 Å². The minimum atomic E-state index is 0.119. The van der Waals surface area contributed by atoms with Crippen molar-refractivity contribution in [2.75, 3.05) is 7.11 Å². The number of alkyl halides is 1. The van der Waals surface area contributed by atoms with Crippen LogP contribution in [-0.4, -0.2) is 16.7 Å². The molecule has 0 saturated carbocycles. The Morgan fingerprint density at radius 3 is 2.76 bits per heavy atom. The Morgan fingerprint density at radius 1 is 1.33 bits per heavy atom. The zero-order valence-corrected chi connectivity index (χ0v) is 14.0. The maximum atomic E-state index is 6.09. The van der Waals surface area contributed by atoms with E-state index in [0.717, 1.165) is 26.9 Å². The van der Waals surface area contributed by atoms with Crippen molar-refractivity contribution in [3.63, 3.8) is 0 Å². The molecule has 1 aromatic carbocycles. The highest BCUT2D eigenvalue weighted by Crippen LogP contribution is 2.34. The molecule has 2 heterocycles. The maximum absolute atomic E-state index is 6.09. The molecule has 21 heavy (non-hydrogen) atoms. The molecule has 110 valence electrons. The van der Waals surface area contributed by atoms with Crippen molar-refractivity contribution < 1.29 is 4.74 Å². The highest BCUT2D eigenvalue weighted by molar-refractivity contribution is 7.16. The molecule has 1 unspecified atom stereocenters. The third kappa shape index (κ3) is 2.52. The SMILES string of the molecule is COc1cccc2c1nc(CCl)n2C(C)c1ccc(Cl)s1. The van der Waals surface area contributed by atoms with Crippen LogP contribution in [0.25, 0.3) is 11.0 Å². The summed E-state index contributed by atoms with van der Waals surface area (Å²) in [6.07, 6.45) is 0. The normalized spacial score (nSPS) is 12.8. The van der Waals surface area contributed by atoms with E-state index in [1.54, 1.807) is 18.4 Å². The monoisotopic (exact) mass is 340 g/mol. The quantitative estimate of drug-likeness (QED) is 0.617. The van der Waals surface area contributed by atoms with E-state index < -0.39 is 0 Å². The largest absolute Gasteiger partial charge is 0.494 e. The highest BCUT2D eigenvalue weighted by atomic mass is 35.5. The average Bonchev–Trinajstić information content (AvgIpc) is 3.09. The van der Waals surface area contributed by atoms with Crippen LogP contribution in [0, 0.1) is 0 Å². The fourth-order valence-corrected chi connectivity index (χ4v) is 3.80. The van der Waals surface area contributed by atoms with Crippen LogP contribution < -0.4 is 4.74 Å². The smallest absolute Gasteiger partial charge is 0.146 e. The van der Waals surface area contributed by atoms with E-state index in [9.17, 15) is 0 Å². The Labute approximate surface area is 137 Å². The van der Waals surface area contributed by atoms with Gasteiger partial charge in [0, 0.05) is 4.88 Å². The lowest BCUT2D eigenvalue weighted by atomic mass is 10.2. The minimum Gasteiger partial charge on any atom is -0.494 e. The summed E-state index contributed by atoms with van der Waals surface area (Å²) in [5, 5.41) is 0. The minimum absolute atomic E-state index is 0.119. The second-order valence-electron chi connectivity index (χ2n) is 4.68. The number of rotatable bonds is 4. The number of nitrogens with zero attached hydrogens (tertiary/aromatic N) is 2. The van der Waals surface area contributed by atoms with E-state index in [1.165, 1.54) is 4.88 Å². The Balaban J connectivity index is 2.21. The molecule has 0 aliphatic rings. The fourth-order valence-electron chi connectivity index (χ4n) is 2.51. The topological polar surface area (TPSA) is 27.1 Å². The molecular weight excluding hydrogens is 327 g/mol. The third-order valence-corrected chi connectivity index (χ3v) is 5.13. The predicted octanol–water partition coefficient (Wildman–Crippen LogP) is 5.11. The summed E-state index contributed by atoms with van der Waals surface area (Å²) in [5.74, 6) is 1.93. The van der Waals surface area contributed by atoms with Gasteiger partial charge in [0.2, 0.25) is 0 Å². The number of fused-ring (bicyclic) bond motifs is 1. The van der Waals surface area contributed by atoms with Crippen LogP contribution in [-0.2, 0) is 5.88 Å². The van der Waals surface area contributed by atoms with E-state index in [4.69, 9.17) is 27.9 Å². The molecule has 0 aliphatic carbocycles. The maximum Gasteiger partial charge on any atom is 0.146 e. The van der Waals surface area contributed by atoms with Gasteiger partial charge in [-0.2, -0.15) is 0 Å². The number of methoxy groups -OCH3 is 1. The molecule has 6 heteroatoms. The van der Waals surface area contributed by atoms with Crippen molar-refractivity contribution in [3.8, 4) is 5.75 Å². The number of hydrogen-bond donors (Lipinski definition) is 0. The van der Waals surface area contributed by atoms with Gasteiger partial charge in [0.1, 0.15) is 17.1 Å². The van der Waals surface area contributed by atoms with Gasteiger partial charge in [0.15, 0.2) is 0 Å². The fraction of sp³-hybridized carbons (Fsp3) is 0.267. The van der Waals surface area contributed by atoms with E-state index in [0.29, 0.717) is 5.88 Å². The Kier molecular flexibility index (Phi) is 4.11. The van der Waals surface area contributed by atoms with E-state index >= 15 is 0 Å². The van der Waals surface area contributed by atoms with Crippen LogP contribution in [0.4, 0.5) is 0 Å². The number of halogens is 2. The summed E-state index contributed by atoms with van der Waals surface area (Å²) in [6.45, 7) is 2.12. The first-order valence-corrected chi connectivity index (χ1v) is 8.23. The van der Waals surface area contributed by atoms with E-state index in [-0.39, 0.29) is 6.04 Å². The van der Waals surface area contributed by atoms with Crippen LogP contribution >= 0.6 is 34.5 Å². The number of aromatic nitrogens is 2. The van der Waals surface area contributed by atoms with Crippen molar-refractivity contribution in [1.82, 2.24) is 9.55 Å². The molecule has 0 saturated heterocycles. The lowest BCUT2D eigenvalue weighted by molar-refractivity contribution is 0.419. The summed E-state index contributed by atoms with van der Waals surface area (Å²) < 4.78 is 8.32. The molecule has 0 N–H and O–H groups in total. The summed E-state index contributed by atoms with van der Waals surface area (Å²) in [7, 11) is 1.65. The van der Waals surface area contributed by atoms with E-state index in [2.05, 4.69) is 16.5 Å². The number of thiophene rings is 1. The lowest BCUT2D eigenvalue weighted by Gasteiger charge is -2.15. The zero-order valence-electron chi connectivity index (χ0n) is 11.6. The summed E-state index contributed by atoms with van der Waals surface area (Å²) in [4.78, 5) is 5.81. The van der Waals surface area contributed by atoms with Crippen molar-refractivity contribution in [2.45, 2.75) is 18.8 Å². The lowest BCUT2D eigenvalue weighted by Crippen LogP contribution is -2.08. The van der Waals surface area contributed by atoms with Gasteiger partial charge in [-0.1, -0.05) is 17.7 Å². The van der Waals surface area contributed by atoms with Gasteiger partial charge >= 0.3 is 0 Å². The molecular formula is C15H14Cl2N2OS. The second-order valence-corrected chi connectivity index (χ2v) is 6.69. The summed E-state index contributed by atoms with van der Waals surface area (Å²) in [5.41, 5.74) is 1.85. The molecule has 3 aromatic rings. The van der Waals surface area contributed by atoms with Crippen molar-refractivity contribution >= 4 is 45.6 Å². The number of imidazole rings is 1. The van der Waals surface area contributed by atoms with Gasteiger partial charge < -0.3 is 9.30 Å². The molecule has 1 atom stereocenters. The number of benzene rings is 1. The standard InChI is InChI=1S/C15H14Cl2N2OS/c1-9(12-6-7-13(17)21-12)19-10-4-3-5-11(20-2)15(10)18-14(19)8-16/h3-7,9H,8H2,1-2H3. The number of ether oxygens (including phenoxy) is 1. The summed E-state index contributed by atoms with van der Waals surface area (Å²) >= 11 is 13.7.